The van der Waals surface area contributed by atoms with Crippen molar-refractivity contribution in [3.63, 3.8) is 0 Å². The molecule has 152 valence electrons. The third kappa shape index (κ3) is 10.1. The lowest BCUT2D eigenvalue weighted by Crippen LogP contribution is -2.51. The molecule has 0 spiro atoms. The summed E-state index contributed by atoms with van der Waals surface area (Å²) in [6.07, 6.45) is 6.62. The van der Waals surface area contributed by atoms with Crippen molar-refractivity contribution < 1.29 is 17.7 Å². The van der Waals surface area contributed by atoms with Crippen LogP contribution in [0.2, 0.25) is 0 Å². The minimum absolute atomic E-state index is 0.529. The molecule has 0 fully saturated rings. The fraction of sp³-hybridized carbons (Fsp3) is 1.00. The molecule has 5 heteroatoms. The van der Waals surface area contributed by atoms with Gasteiger partial charge in [-0.3, -0.25) is 0 Å². The van der Waals surface area contributed by atoms with E-state index in [1.165, 1.54) is 0 Å². The molecular formula is C20H44O4Si. The first-order valence-corrected chi connectivity index (χ1v) is 12.2. The van der Waals surface area contributed by atoms with Crippen LogP contribution in [0.15, 0.2) is 0 Å². The molecular weight excluding hydrogens is 332 g/mol. The van der Waals surface area contributed by atoms with Crippen molar-refractivity contribution in [1.82, 2.24) is 0 Å². The third-order valence-corrected chi connectivity index (χ3v) is 7.48. The Morgan fingerprint density at radius 3 is 0.960 bits per heavy atom. The van der Waals surface area contributed by atoms with Gasteiger partial charge in [-0.25, -0.2) is 0 Å². The molecule has 0 aromatic carbocycles. The van der Waals surface area contributed by atoms with Crippen molar-refractivity contribution >= 4 is 9.05 Å². The van der Waals surface area contributed by atoms with E-state index in [1.807, 2.05) is 6.92 Å². The minimum Gasteiger partial charge on any atom is -0.351 e. The van der Waals surface area contributed by atoms with Crippen molar-refractivity contribution in [3.05, 3.63) is 0 Å². The Morgan fingerprint density at radius 1 is 0.480 bits per heavy atom. The van der Waals surface area contributed by atoms with Crippen LogP contribution in [-0.4, -0.2) is 35.5 Å². The second kappa shape index (κ2) is 15.1. The quantitative estimate of drug-likeness (QED) is 0.300. The van der Waals surface area contributed by atoms with Gasteiger partial charge in [0.15, 0.2) is 0 Å². The minimum atomic E-state index is -3.08. The number of hydrogen-bond acceptors (Lipinski definition) is 4. The zero-order chi connectivity index (χ0) is 19.1. The van der Waals surface area contributed by atoms with Crippen molar-refractivity contribution in [2.45, 2.75) is 87.0 Å². The first-order valence-electron chi connectivity index (χ1n) is 10.6. The first-order chi connectivity index (χ1) is 12.0. The molecule has 0 aromatic rings. The van der Waals surface area contributed by atoms with Crippen LogP contribution in [0.1, 0.15) is 87.0 Å². The largest absolute Gasteiger partial charge is 0.679 e. The Balaban J connectivity index is 5.06. The molecule has 0 unspecified atom stereocenters. The lowest BCUT2D eigenvalue weighted by Gasteiger charge is -2.31. The summed E-state index contributed by atoms with van der Waals surface area (Å²) in [5, 5.41) is 0. The molecule has 25 heavy (non-hydrogen) atoms. The van der Waals surface area contributed by atoms with Gasteiger partial charge in [-0.05, 0) is 24.7 Å². The first kappa shape index (κ1) is 25.1. The van der Waals surface area contributed by atoms with Gasteiger partial charge in [-0.2, -0.15) is 0 Å². The standard InChI is InChI=1S/C20H44O4Si/c1-8-18(9-2)15-22-25(21-14-7,23-16-19(10-3)11-4)24-17-20(12-5)13-6/h18-20H,8-17H2,1-7H3. The van der Waals surface area contributed by atoms with E-state index in [0.29, 0.717) is 44.2 Å². The molecule has 0 aliphatic rings. The predicted molar refractivity (Wildman–Crippen MR) is 107 cm³/mol. The summed E-state index contributed by atoms with van der Waals surface area (Å²) in [4.78, 5) is 0. The highest BCUT2D eigenvalue weighted by Crippen LogP contribution is 2.21. The second-order valence-electron chi connectivity index (χ2n) is 6.91. The zero-order valence-corrected chi connectivity index (χ0v) is 18.9. The fourth-order valence-electron chi connectivity index (χ4n) is 2.66. The maximum absolute atomic E-state index is 6.27. The van der Waals surface area contributed by atoms with E-state index >= 15 is 0 Å². The van der Waals surface area contributed by atoms with Crippen LogP contribution in [0.25, 0.3) is 0 Å². The van der Waals surface area contributed by atoms with Gasteiger partial charge in [0.05, 0.1) is 0 Å². The Kier molecular flexibility index (Phi) is 15.2. The summed E-state index contributed by atoms with van der Waals surface area (Å²) in [7, 11) is -3.08. The molecule has 0 amide bonds. The Hall–Kier alpha value is 0.0569. The third-order valence-electron chi connectivity index (χ3n) is 5.27. The Morgan fingerprint density at radius 2 is 0.760 bits per heavy atom. The average Bonchev–Trinajstić information content (AvgIpc) is 2.64. The van der Waals surface area contributed by atoms with E-state index in [-0.39, 0.29) is 0 Å². The Bertz CT molecular complexity index is 249. The molecule has 0 aromatic heterocycles. The van der Waals surface area contributed by atoms with Gasteiger partial charge in [-0.1, -0.05) is 80.1 Å². The highest BCUT2D eigenvalue weighted by atomic mass is 28.4. The summed E-state index contributed by atoms with van der Waals surface area (Å²) in [6, 6.07) is 0. The molecule has 0 aliphatic heterocycles. The summed E-state index contributed by atoms with van der Waals surface area (Å²) in [5.74, 6) is 1.59. The van der Waals surface area contributed by atoms with Crippen molar-refractivity contribution in [3.8, 4) is 0 Å². The van der Waals surface area contributed by atoms with E-state index in [0.717, 1.165) is 38.5 Å². The van der Waals surface area contributed by atoms with Gasteiger partial charge in [-0.15, -0.1) is 0 Å². The van der Waals surface area contributed by atoms with Crippen LogP contribution in [0, 0.1) is 17.8 Å². The highest BCUT2D eigenvalue weighted by Gasteiger charge is 2.46. The normalized spacial score (nSPS) is 12.7. The summed E-state index contributed by atoms with van der Waals surface area (Å²) >= 11 is 0. The molecule has 0 atom stereocenters. The predicted octanol–water partition coefficient (Wildman–Crippen LogP) is 5.82. The lowest BCUT2D eigenvalue weighted by molar-refractivity contribution is -0.0523. The maximum Gasteiger partial charge on any atom is 0.679 e. The SMILES string of the molecule is CCO[Si](OCC(CC)CC)(OCC(CC)CC)OCC(CC)CC. The molecule has 0 heterocycles. The smallest absolute Gasteiger partial charge is 0.351 e. The fourth-order valence-corrected chi connectivity index (χ4v) is 4.83. The van der Waals surface area contributed by atoms with E-state index in [1.54, 1.807) is 0 Å². The van der Waals surface area contributed by atoms with Gasteiger partial charge in [0, 0.05) is 26.4 Å². The monoisotopic (exact) mass is 376 g/mol. The van der Waals surface area contributed by atoms with E-state index in [2.05, 4.69) is 41.5 Å². The average molecular weight is 377 g/mol. The number of hydrogen-bond donors (Lipinski definition) is 0. The van der Waals surface area contributed by atoms with Crippen molar-refractivity contribution in [2.24, 2.45) is 17.8 Å². The molecule has 4 nitrogen and oxygen atoms in total. The van der Waals surface area contributed by atoms with E-state index in [9.17, 15) is 0 Å². The zero-order valence-electron chi connectivity index (χ0n) is 17.9. The maximum atomic E-state index is 6.27. The molecule has 0 N–H and O–H groups in total. The molecule has 0 saturated heterocycles. The van der Waals surface area contributed by atoms with Gasteiger partial charge < -0.3 is 17.7 Å². The van der Waals surface area contributed by atoms with Crippen LogP contribution in [0.4, 0.5) is 0 Å². The molecule has 0 aliphatic carbocycles. The summed E-state index contributed by atoms with van der Waals surface area (Å²) in [6.45, 7) is 17.8. The lowest BCUT2D eigenvalue weighted by atomic mass is 10.1. The van der Waals surface area contributed by atoms with Crippen LogP contribution >= 0.6 is 0 Å². The molecule has 0 saturated carbocycles. The van der Waals surface area contributed by atoms with Crippen molar-refractivity contribution in [2.75, 3.05) is 26.4 Å². The van der Waals surface area contributed by atoms with E-state index < -0.39 is 9.05 Å². The summed E-state index contributed by atoms with van der Waals surface area (Å²) in [5.41, 5.74) is 0. The molecule has 0 radical (unpaired) electrons. The van der Waals surface area contributed by atoms with Crippen molar-refractivity contribution in [1.29, 1.82) is 0 Å². The van der Waals surface area contributed by atoms with Crippen LogP contribution in [-0.2, 0) is 17.7 Å². The van der Waals surface area contributed by atoms with Crippen LogP contribution in [0.5, 0.6) is 0 Å². The second-order valence-corrected chi connectivity index (χ2v) is 9.07. The molecule has 0 bridgehead atoms. The summed E-state index contributed by atoms with van der Waals surface area (Å²) < 4.78 is 24.8. The Labute approximate surface area is 158 Å². The van der Waals surface area contributed by atoms with Gasteiger partial charge in [0.25, 0.3) is 0 Å². The van der Waals surface area contributed by atoms with E-state index in [4.69, 9.17) is 17.7 Å². The van der Waals surface area contributed by atoms with Gasteiger partial charge in [0.2, 0.25) is 0 Å². The van der Waals surface area contributed by atoms with Crippen LogP contribution < -0.4 is 0 Å². The highest BCUT2D eigenvalue weighted by molar-refractivity contribution is 6.53. The van der Waals surface area contributed by atoms with Gasteiger partial charge in [0.1, 0.15) is 0 Å². The molecule has 0 rings (SSSR count). The topological polar surface area (TPSA) is 36.9 Å². The van der Waals surface area contributed by atoms with Crippen LogP contribution in [0.3, 0.4) is 0 Å². The van der Waals surface area contributed by atoms with Gasteiger partial charge >= 0.3 is 9.05 Å². The number of rotatable bonds is 17.